The molecule has 0 saturated heterocycles. The van der Waals surface area contributed by atoms with E-state index >= 15 is 0 Å². The van der Waals surface area contributed by atoms with Crippen LogP contribution in [-0.4, -0.2) is 11.2 Å². The molecule has 0 radical (unpaired) electrons. The molecular formula is C15H18FN3O2. The first-order valence-electron chi connectivity index (χ1n) is 6.61. The van der Waals surface area contributed by atoms with Crippen LogP contribution in [0, 0.1) is 5.82 Å². The molecule has 2 amide bonds. The summed E-state index contributed by atoms with van der Waals surface area (Å²) in [5, 5.41) is 9.04. The van der Waals surface area contributed by atoms with Gasteiger partial charge in [0.2, 0.25) is 0 Å². The summed E-state index contributed by atoms with van der Waals surface area (Å²) in [4.78, 5) is 11.7. The summed E-state index contributed by atoms with van der Waals surface area (Å²) >= 11 is 0. The topological polar surface area (TPSA) is 67.2 Å². The number of aromatic nitrogens is 1. The largest absolute Gasteiger partial charge is 0.359 e. The molecule has 1 aromatic carbocycles. The first kappa shape index (κ1) is 15.0. The molecule has 0 unspecified atom stereocenters. The standard InChI is InChI=1S/C15H18FN3O2/c1-15(2,3)12-8-13(19-21-12)18-14(20)17-9-10-4-6-11(16)7-5-10/h4-8H,9H2,1-3H3,(H2,17,18,19,20). The molecule has 1 heterocycles. The molecule has 2 rings (SSSR count). The molecule has 0 aliphatic rings. The van der Waals surface area contributed by atoms with Crippen molar-refractivity contribution >= 4 is 11.8 Å². The van der Waals surface area contributed by atoms with Crippen LogP contribution in [0.15, 0.2) is 34.9 Å². The average molecular weight is 291 g/mol. The van der Waals surface area contributed by atoms with Gasteiger partial charge in [0.15, 0.2) is 5.82 Å². The second kappa shape index (κ2) is 5.95. The molecule has 0 fully saturated rings. The first-order chi connectivity index (χ1) is 9.84. The molecule has 2 N–H and O–H groups in total. The van der Waals surface area contributed by atoms with Gasteiger partial charge >= 0.3 is 6.03 Å². The highest BCUT2D eigenvalue weighted by Gasteiger charge is 2.20. The lowest BCUT2D eigenvalue weighted by atomic mass is 9.93. The van der Waals surface area contributed by atoms with Crippen LogP contribution in [-0.2, 0) is 12.0 Å². The first-order valence-corrected chi connectivity index (χ1v) is 6.61. The fraction of sp³-hybridized carbons (Fsp3) is 0.333. The molecule has 0 spiro atoms. The van der Waals surface area contributed by atoms with Crippen molar-refractivity contribution in [2.45, 2.75) is 32.7 Å². The predicted octanol–water partition coefficient (Wildman–Crippen LogP) is 3.43. The third-order valence-corrected chi connectivity index (χ3v) is 2.86. The number of benzene rings is 1. The minimum absolute atomic E-state index is 0.169. The van der Waals surface area contributed by atoms with Crippen LogP contribution in [0.2, 0.25) is 0 Å². The molecule has 0 aliphatic carbocycles. The zero-order valence-corrected chi connectivity index (χ0v) is 12.2. The van der Waals surface area contributed by atoms with Crippen molar-refractivity contribution < 1.29 is 13.7 Å². The van der Waals surface area contributed by atoms with Crippen LogP contribution in [0.3, 0.4) is 0 Å². The van der Waals surface area contributed by atoms with E-state index in [9.17, 15) is 9.18 Å². The number of urea groups is 1. The minimum Gasteiger partial charge on any atom is -0.359 e. The molecule has 5 nitrogen and oxygen atoms in total. The maximum absolute atomic E-state index is 12.8. The molecule has 112 valence electrons. The summed E-state index contributed by atoms with van der Waals surface area (Å²) in [6.45, 7) is 6.28. The third kappa shape index (κ3) is 4.30. The Bertz CT molecular complexity index is 615. The summed E-state index contributed by atoms with van der Waals surface area (Å²) in [7, 11) is 0. The van der Waals surface area contributed by atoms with Crippen molar-refractivity contribution in [3.8, 4) is 0 Å². The quantitative estimate of drug-likeness (QED) is 0.910. The van der Waals surface area contributed by atoms with Gasteiger partial charge in [-0.3, -0.25) is 5.32 Å². The molecule has 2 aromatic rings. The molecule has 6 heteroatoms. The number of carbonyl (C=O) groups is 1. The number of carbonyl (C=O) groups excluding carboxylic acids is 1. The zero-order valence-electron chi connectivity index (χ0n) is 12.2. The minimum atomic E-state index is -0.395. The Kier molecular flexibility index (Phi) is 4.26. The number of halogens is 1. The highest BCUT2D eigenvalue weighted by atomic mass is 19.1. The zero-order chi connectivity index (χ0) is 15.5. The number of nitrogens with zero attached hydrogens (tertiary/aromatic N) is 1. The Morgan fingerprint density at radius 2 is 1.95 bits per heavy atom. The number of hydrogen-bond donors (Lipinski definition) is 2. The second-order valence-electron chi connectivity index (χ2n) is 5.76. The van der Waals surface area contributed by atoms with E-state index in [2.05, 4.69) is 15.8 Å². The van der Waals surface area contributed by atoms with Crippen LogP contribution >= 0.6 is 0 Å². The molecule has 1 aromatic heterocycles. The Hall–Kier alpha value is -2.37. The number of amides is 2. The van der Waals surface area contributed by atoms with Gasteiger partial charge < -0.3 is 9.84 Å². The number of nitrogens with one attached hydrogen (secondary N) is 2. The SMILES string of the molecule is CC(C)(C)c1cc(NC(=O)NCc2ccc(F)cc2)no1. The number of anilines is 1. The number of hydrogen-bond acceptors (Lipinski definition) is 3. The van der Waals surface area contributed by atoms with Gasteiger partial charge in [-0.2, -0.15) is 0 Å². The lowest BCUT2D eigenvalue weighted by Crippen LogP contribution is -2.28. The smallest absolute Gasteiger partial charge is 0.320 e. The molecule has 0 saturated carbocycles. The number of rotatable bonds is 3. The Morgan fingerprint density at radius 1 is 1.29 bits per heavy atom. The summed E-state index contributed by atoms with van der Waals surface area (Å²) in [5.41, 5.74) is 0.638. The van der Waals surface area contributed by atoms with Gasteiger partial charge in [-0.1, -0.05) is 38.1 Å². The fourth-order valence-corrected chi connectivity index (χ4v) is 1.63. The lowest BCUT2D eigenvalue weighted by molar-refractivity contribution is 0.251. The second-order valence-corrected chi connectivity index (χ2v) is 5.76. The monoisotopic (exact) mass is 291 g/mol. The normalized spacial score (nSPS) is 11.2. The van der Waals surface area contributed by atoms with Gasteiger partial charge in [0.1, 0.15) is 11.6 Å². The van der Waals surface area contributed by atoms with Crippen LogP contribution < -0.4 is 10.6 Å². The van der Waals surface area contributed by atoms with Crippen LogP contribution in [0.1, 0.15) is 32.1 Å². The van der Waals surface area contributed by atoms with E-state index < -0.39 is 6.03 Å². The maximum atomic E-state index is 12.8. The molecular weight excluding hydrogens is 273 g/mol. The molecule has 21 heavy (non-hydrogen) atoms. The van der Waals surface area contributed by atoms with E-state index in [1.807, 2.05) is 20.8 Å². The van der Waals surface area contributed by atoms with E-state index in [-0.39, 0.29) is 11.2 Å². The highest BCUT2D eigenvalue weighted by Crippen LogP contribution is 2.24. The van der Waals surface area contributed by atoms with Gasteiger partial charge in [0, 0.05) is 18.0 Å². The van der Waals surface area contributed by atoms with Gasteiger partial charge in [-0.05, 0) is 17.7 Å². The summed E-state index contributed by atoms with van der Waals surface area (Å²) in [6, 6.07) is 7.22. The van der Waals surface area contributed by atoms with Crippen LogP contribution in [0.5, 0.6) is 0 Å². The van der Waals surface area contributed by atoms with Crippen molar-refractivity contribution in [1.82, 2.24) is 10.5 Å². The molecule has 0 atom stereocenters. The van der Waals surface area contributed by atoms with E-state index in [0.29, 0.717) is 18.1 Å². The highest BCUT2D eigenvalue weighted by molar-refractivity contribution is 5.88. The van der Waals surface area contributed by atoms with Gasteiger partial charge in [-0.15, -0.1) is 0 Å². The van der Waals surface area contributed by atoms with Crippen molar-refractivity contribution in [3.63, 3.8) is 0 Å². The van der Waals surface area contributed by atoms with Crippen molar-refractivity contribution in [2.75, 3.05) is 5.32 Å². The third-order valence-electron chi connectivity index (χ3n) is 2.86. The summed E-state index contributed by atoms with van der Waals surface area (Å²) in [6.07, 6.45) is 0. The van der Waals surface area contributed by atoms with Crippen LogP contribution in [0.4, 0.5) is 15.0 Å². The Morgan fingerprint density at radius 3 is 2.52 bits per heavy atom. The molecule has 0 bridgehead atoms. The maximum Gasteiger partial charge on any atom is 0.320 e. The summed E-state index contributed by atoms with van der Waals surface area (Å²) < 4.78 is 17.9. The average Bonchev–Trinajstić information content (AvgIpc) is 2.86. The van der Waals surface area contributed by atoms with Gasteiger partial charge in [0.25, 0.3) is 0 Å². The molecule has 0 aliphatic heterocycles. The Labute approximate surface area is 122 Å². The lowest BCUT2D eigenvalue weighted by Gasteiger charge is -2.12. The van der Waals surface area contributed by atoms with Gasteiger partial charge in [0.05, 0.1) is 0 Å². The van der Waals surface area contributed by atoms with Crippen molar-refractivity contribution in [2.24, 2.45) is 0 Å². The van der Waals surface area contributed by atoms with Crippen LogP contribution in [0.25, 0.3) is 0 Å². The van der Waals surface area contributed by atoms with Gasteiger partial charge in [-0.25, -0.2) is 9.18 Å². The van der Waals surface area contributed by atoms with E-state index in [1.54, 1.807) is 18.2 Å². The van der Waals surface area contributed by atoms with Crippen molar-refractivity contribution in [1.29, 1.82) is 0 Å². The fourth-order valence-electron chi connectivity index (χ4n) is 1.63. The van der Waals surface area contributed by atoms with E-state index in [0.717, 1.165) is 5.56 Å². The van der Waals surface area contributed by atoms with E-state index in [1.165, 1.54) is 12.1 Å². The van der Waals surface area contributed by atoms with Crippen molar-refractivity contribution in [3.05, 3.63) is 47.5 Å². The predicted molar refractivity (Wildman–Crippen MR) is 77.5 cm³/mol. The van der Waals surface area contributed by atoms with E-state index in [4.69, 9.17) is 4.52 Å². The summed E-state index contributed by atoms with van der Waals surface area (Å²) in [5.74, 6) is 0.744. The Balaban J connectivity index is 1.87.